The van der Waals surface area contributed by atoms with Crippen molar-refractivity contribution < 1.29 is 14.0 Å². The van der Waals surface area contributed by atoms with E-state index in [9.17, 15) is 14.0 Å². The molecule has 3 N–H and O–H groups in total. The number of nitrogens with one attached hydrogen (secondary N) is 3. The summed E-state index contributed by atoms with van der Waals surface area (Å²) in [6.07, 6.45) is 4.08. The minimum Gasteiger partial charge on any atom is -0.356 e. The van der Waals surface area contributed by atoms with Crippen LogP contribution in [0.15, 0.2) is 36.8 Å². The van der Waals surface area contributed by atoms with E-state index >= 15 is 0 Å². The summed E-state index contributed by atoms with van der Waals surface area (Å²) in [5, 5.41) is 5.25. The van der Waals surface area contributed by atoms with Gasteiger partial charge >= 0.3 is 0 Å². The lowest BCUT2D eigenvalue weighted by Crippen LogP contribution is -2.32. The van der Waals surface area contributed by atoms with Crippen LogP contribution < -0.4 is 10.6 Å². The maximum atomic E-state index is 13.4. The van der Waals surface area contributed by atoms with Gasteiger partial charge in [0.25, 0.3) is 5.91 Å². The van der Waals surface area contributed by atoms with Gasteiger partial charge in [-0.15, -0.1) is 0 Å². The average molecular weight is 304 g/mol. The fraction of sp³-hybridized carbons (Fsp3) is 0.267. The predicted octanol–water partition coefficient (Wildman–Crippen LogP) is 1.03. The predicted molar refractivity (Wildman–Crippen MR) is 78.7 cm³/mol. The number of aromatic amines is 1. The van der Waals surface area contributed by atoms with Gasteiger partial charge in [0.05, 0.1) is 11.9 Å². The van der Waals surface area contributed by atoms with Gasteiger partial charge in [-0.1, -0.05) is 12.1 Å². The van der Waals surface area contributed by atoms with E-state index in [-0.39, 0.29) is 24.4 Å². The molecule has 0 aliphatic rings. The number of amides is 2. The van der Waals surface area contributed by atoms with Crippen LogP contribution in [0.2, 0.25) is 0 Å². The van der Waals surface area contributed by atoms with Crippen molar-refractivity contribution in [1.29, 1.82) is 0 Å². The summed E-state index contributed by atoms with van der Waals surface area (Å²) in [6.45, 7) is 0.644. The molecule has 7 heteroatoms. The molecule has 0 atom stereocenters. The summed E-state index contributed by atoms with van der Waals surface area (Å²) in [7, 11) is 0. The Balaban J connectivity index is 1.64. The fourth-order valence-electron chi connectivity index (χ4n) is 1.88. The lowest BCUT2D eigenvalue weighted by atomic mass is 10.2. The molecular weight excluding hydrogens is 287 g/mol. The molecule has 2 rings (SSSR count). The zero-order valence-electron chi connectivity index (χ0n) is 11.9. The fourth-order valence-corrected chi connectivity index (χ4v) is 1.88. The van der Waals surface area contributed by atoms with E-state index in [0.717, 1.165) is 5.69 Å². The molecule has 0 fully saturated rings. The molecule has 22 heavy (non-hydrogen) atoms. The van der Waals surface area contributed by atoms with E-state index in [0.29, 0.717) is 13.0 Å². The zero-order valence-corrected chi connectivity index (χ0v) is 11.9. The summed E-state index contributed by atoms with van der Waals surface area (Å²) < 4.78 is 13.4. The van der Waals surface area contributed by atoms with Gasteiger partial charge in [-0.25, -0.2) is 9.37 Å². The molecule has 0 spiro atoms. The molecule has 0 bridgehead atoms. The average Bonchev–Trinajstić information content (AvgIpc) is 3.01. The quantitative estimate of drug-likeness (QED) is 0.714. The second-order valence-electron chi connectivity index (χ2n) is 4.66. The lowest BCUT2D eigenvalue weighted by molar-refractivity contribution is -0.120. The molecule has 1 aromatic carbocycles. The van der Waals surface area contributed by atoms with Crippen molar-refractivity contribution in [3.8, 4) is 0 Å². The van der Waals surface area contributed by atoms with Crippen molar-refractivity contribution in [3.63, 3.8) is 0 Å². The zero-order chi connectivity index (χ0) is 15.8. The molecule has 0 aliphatic heterocycles. The number of hydrogen-bond donors (Lipinski definition) is 3. The third-order valence-electron chi connectivity index (χ3n) is 3.03. The van der Waals surface area contributed by atoms with Crippen LogP contribution in [0.1, 0.15) is 22.5 Å². The highest BCUT2D eigenvalue weighted by Crippen LogP contribution is 2.05. The van der Waals surface area contributed by atoms with Crippen molar-refractivity contribution in [2.75, 3.05) is 13.1 Å². The number of carbonyl (C=O) groups excluding carboxylic acids is 2. The van der Waals surface area contributed by atoms with Gasteiger partial charge in [-0.3, -0.25) is 9.59 Å². The van der Waals surface area contributed by atoms with Crippen molar-refractivity contribution in [2.45, 2.75) is 12.8 Å². The molecule has 0 radical (unpaired) electrons. The van der Waals surface area contributed by atoms with Gasteiger partial charge in [0.15, 0.2) is 0 Å². The number of nitrogens with zero attached hydrogens (tertiary/aromatic N) is 1. The van der Waals surface area contributed by atoms with Crippen molar-refractivity contribution in [2.24, 2.45) is 0 Å². The van der Waals surface area contributed by atoms with Crippen LogP contribution in [-0.2, 0) is 11.2 Å². The monoisotopic (exact) mass is 304 g/mol. The molecule has 2 aromatic rings. The Hall–Kier alpha value is -2.70. The van der Waals surface area contributed by atoms with E-state index in [1.165, 1.54) is 18.2 Å². The van der Waals surface area contributed by atoms with E-state index < -0.39 is 11.7 Å². The standard InChI is InChI=1S/C15H17FN4O2/c16-13-4-2-1-3-12(13)15(22)19-8-6-14(21)18-7-5-11-9-17-10-20-11/h1-4,9-10H,5-8H2,(H,17,20)(H,18,21)(H,19,22). The number of hydrogen-bond acceptors (Lipinski definition) is 3. The van der Waals surface area contributed by atoms with Gasteiger partial charge in [0.1, 0.15) is 5.82 Å². The summed E-state index contributed by atoms with van der Waals surface area (Å²) in [6, 6.07) is 5.71. The highest BCUT2D eigenvalue weighted by molar-refractivity contribution is 5.94. The Kier molecular flexibility index (Phi) is 5.65. The third-order valence-corrected chi connectivity index (χ3v) is 3.03. The molecule has 0 saturated heterocycles. The molecule has 1 aromatic heterocycles. The summed E-state index contributed by atoms with van der Waals surface area (Å²) >= 11 is 0. The molecule has 116 valence electrons. The van der Waals surface area contributed by atoms with Crippen molar-refractivity contribution in [3.05, 3.63) is 53.9 Å². The third kappa shape index (κ3) is 4.69. The number of rotatable bonds is 7. The van der Waals surface area contributed by atoms with Crippen LogP contribution in [0.5, 0.6) is 0 Å². The Morgan fingerprint density at radius 2 is 2.00 bits per heavy atom. The summed E-state index contributed by atoms with van der Waals surface area (Å²) in [5.74, 6) is -1.28. The topological polar surface area (TPSA) is 86.9 Å². The largest absolute Gasteiger partial charge is 0.356 e. The van der Waals surface area contributed by atoms with Crippen LogP contribution in [-0.4, -0.2) is 34.9 Å². The minimum absolute atomic E-state index is 0.0258. The van der Waals surface area contributed by atoms with Crippen LogP contribution >= 0.6 is 0 Å². The normalized spacial score (nSPS) is 10.2. The van der Waals surface area contributed by atoms with E-state index in [4.69, 9.17) is 0 Å². The molecule has 2 amide bonds. The van der Waals surface area contributed by atoms with E-state index in [1.54, 1.807) is 18.6 Å². The maximum Gasteiger partial charge on any atom is 0.254 e. The minimum atomic E-state index is -0.580. The molecular formula is C15H17FN4O2. The number of H-pyrrole nitrogens is 1. The molecule has 0 saturated carbocycles. The molecule has 6 nitrogen and oxygen atoms in total. The SMILES string of the molecule is O=C(CCNC(=O)c1ccccc1F)NCCc1cnc[nH]1. The molecule has 0 unspecified atom stereocenters. The lowest BCUT2D eigenvalue weighted by Gasteiger charge is -2.07. The Morgan fingerprint density at radius 1 is 1.18 bits per heavy atom. The van der Waals surface area contributed by atoms with Crippen LogP contribution in [0.3, 0.4) is 0 Å². The first-order chi connectivity index (χ1) is 10.7. The van der Waals surface area contributed by atoms with Gasteiger partial charge in [0, 0.05) is 37.8 Å². The van der Waals surface area contributed by atoms with E-state index in [1.807, 2.05) is 0 Å². The highest BCUT2D eigenvalue weighted by atomic mass is 19.1. The number of aromatic nitrogens is 2. The molecule has 1 heterocycles. The van der Waals surface area contributed by atoms with Gasteiger partial charge < -0.3 is 15.6 Å². The van der Waals surface area contributed by atoms with Crippen molar-refractivity contribution in [1.82, 2.24) is 20.6 Å². The van der Waals surface area contributed by atoms with E-state index in [2.05, 4.69) is 20.6 Å². The Bertz CT molecular complexity index is 628. The second kappa shape index (κ2) is 7.92. The highest BCUT2D eigenvalue weighted by Gasteiger charge is 2.10. The number of halogens is 1. The second-order valence-corrected chi connectivity index (χ2v) is 4.66. The van der Waals surface area contributed by atoms with Crippen LogP contribution in [0.25, 0.3) is 0 Å². The number of carbonyl (C=O) groups is 2. The van der Waals surface area contributed by atoms with Gasteiger partial charge in [-0.05, 0) is 12.1 Å². The maximum absolute atomic E-state index is 13.4. The first-order valence-electron chi connectivity index (χ1n) is 6.93. The first-order valence-corrected chi connectivity index (χ1v) is 6.93. The summed E-state index contributed by atoms with van der Waals surface area (Å²) in [5.41, 5.74) is 0.912. The number of benzene rings is 1. The Labute approximate surface area is 127 Å². The van der Waals surface area contributed by atoms with Gasteiger partial charge in [0.2, 0.25) is 5.91 Å². The summed E-state index contributed by atoms with van der Waals surface area (Å²) in [4.78, 5) is 30.1. The van der Waals surface area contributed by atoms with Crippen molar-refractivity contribution >= 4 is 11.8 Å². The van der Waals surface area contributed by atoms with Crippen LogP contribution in [0.4, 0.5) is 4.39 Å². The Morgan fingerprint density at radius 3 is 2.73 bits per heavy atom. The van der Waals surface area contributed by atoms with Crippen LogP contribution in [0, 0.1) is 5.82 Å². The van der Waals surface area contributed by atoms with Gasteiger partial charge in [-0.2, -0.15) is 0 Å². The number of imidazole rings is 1. The smallest absolute Gasteiger partial charge is 0.254 e. The first kappa shape index (κ1) is 15.7. The molecule has 0 aliphatic carbocycles.